The molecular formula is C43H48IN4O11+. The van der Waals surface area contributed by atoms with Crippen LogP contribution in [-0.4, -0.2) is 120 Å². The zero-order valence-electron chi connectivity index (χ0n) is 34.3. The van der Waals surface area contributed by atoms with E-state index < -0.39 is 23.9 Å². The van der Waals surface area contributed by atoms with E-state index >= 15 is 0 Å². The third kappa shape index (κ3) is 10.9. The van der Waals surface area contributed by atoms with Crippen LogP contribution in [-0.2, 0) is 38.1 Å². The molecule has 0 saturated carbocycles. The van der Waals surface area contributed by atoms with Crippen LogP contribution >= 0.6 is 22.6 Å². The molecule has 1 heterocycles. The third-order valence-electron chi connectivity index (χ3n) is 9.36. The van der Waals surface area contributed by atoms with Gasteiger partial charge in [-0.2, -0.15) is 0 Å². The highest BCUT2D eigenvalue weighted by atomic mass is 127. The largest absolute Gasteiger partial charge is 0.488 e. The van der Waals surface area contributed by atoms with E-state index in [2.05, 4.69) is 22.6 Å². The smallest absolute Gasteiger partial charge is 0.325 e. The van der Waals surface area contributed by atoms with Crippen molar-refractivity contribution in [2.75, 3.05) is 111 Å². The SMILES string of the molecule is COC(=O)CN(CC(=O)OC)c1ccc(I)cc1OCCOc1cc(-c2c3ccc(=[N+](C)C)cc-3oc3cc(N(C)C)ccc23)ccc1N(CC(=O)OC)CC(=O)OC. The Morgan fingerprint density at radius 3 is 1.68 bits per heavy atom. The summed E-state index contributed by atoms with van der Waals surface area (Å²) in [7, 11) is 12.9. The molecule has 0 atom stereocenters. The highest BCUT2D eigenvalue weighted by Crippen LogP contribution is 2.43. The molecular weight excluding hydrogens is 875 g/mol. The Bertz CT molecular complexity index is 2340. The average Bonchev–Trinajstić information content (AvgIpc) is 3.22. The Kier molecular flexibility index (Phi) is 15.0. The molecule has 312 valence electrons. The first kappa shape index (κ1) is 44.1. The van der Waals surface area contributed by atoms with E-state index in [4.69, 9.17) is 32.8 Å². The zero-order chi connectivity index (χ0) is 42.8. The molecule has 5 rings (SSSR count). The Morgan fingerprint density at radius 2 is 1.17 bits per heavy atom. The van der Waals surface area contributed by atoms with Crippen LogP contribution in [0.15, 0.2) is 77.2 Å². The molecule has 3 aromatic carbocycles. The molecule has 59 heavy (non-hydrogen) atoms. The van der Waals surface area contributed by atoms with Crippen LogP contribution < -0.4 is 34.1 Å². The van der Waals surface area contributed by atoms with Gasteiger partial charge in [0.05, 0.1) is 45.9 Å². The molecule has 0 radical (unpaired) electrons. The van der Waals surface area contributed by atoms with Gasteiger partial charge >= 0.3 is 23.9 Å². The van der Waals surface area contributed by atoms with Gasteiger partial charge in [-0.15, -0.1) is 0 Å². The number of halogens is 1. The van der Waals surface area contributed by atoms with Crippen molar-refractivity contribution in [3.8, 4) is 33.9 Å². The number of rotatable bonds is 17. The van der Waals surface area contributed by atoms with Crippen LogP contribution in [0.25, 0.3) is 33.4 Å². The fourth-order valence-electron chi connectivity index (χ4n) is 6.28. The number of hydrogen-bond acceptors (Lipinski definition) is 14. The van der Waals surface area contributed by atoms with Crippen molar-refractivity contribution >= 4 is 74.5 Å². The Balaban J connectivity index is 1.60. The van der Waals surface area contributed by atoms with Gasteiger partial charge in [0.1, 0.15) is 76.3 Å². The van der Waals surface area contributed by atoms with Crippen molar-refractivity contribution < 1.29 is 52.0 Å². The molecule has 0 saturated heterocycles. The van der Waals surface area contributed by atoms with Gasteiger partial charge < -0.3 is 47.5 Å². The first-order chi connectivity index (χ1) is 28.3. The Morgan fingerprint density at radius 1 is 0.644 bits per heavy atom. The van der Waals surface area contributed by atoms with Crippen LogP contribution in [0.1, 0.15) is 0 Å². The number of carbonyl (C=O) groups excluding carboxylic acids is 4. The third-order valence-corrected chi connectivity index (χ3v) is 10.0. The second-order valence-electron chi connectivity index (χ2n) is 13.6. The molecule has 2 aliphatic rings. The summed E-state index contributed by atoms with van der Waals surface area (Å²) in [6, 6.07) is 23.0. The minimum atomic E-state index is -0.572. The van der Waals surface area contributed by atoms with E-state index in [0.29, 0.717) is 34.2 Å². The summed E-state index contributed by atoms with van der Waals surface area (Å²) in [6.07, 6.45) is 0. The van der Waals surface area contributed by atoms with Crippen molar-refractivity contribution in [1.29, 1.82) is 0 Å². The number of benzene rings is 4. The molecule has 0 amide bonds. The van der Waals surface area contributed by atoms with Crippen LogP contribution in [0.2, 0.25) is 0 Å². The molecule has 0 spiro atoms. The Hall–Kier alpha value is -6.04. The predicted molar refractivity (Wildman–Crippen MR) is 232 cm³/mol. The molecule has 1 aliphatic heterocycles. The van der Waals surface area contributed by atoms with Gasteiger partial charge in [0.2, 0.25) is 5.36 Å². The fourth-order valence-corrected chi connectivity index (χ4v) is 6.75. The molecule has 1 aliphatic carbocycles. The zero-order valence-corrected chi connectivity index (χ0v) is 36.5. The van der Waals surface area contributed by atoms with Gasteiger partial charge in [0, 0.05) is 52.0 Å². The van der Waals surface area contributed by atoms with Gasteiger partial charge in [0.15, 0.2) is 0 Å². The number of carbonyl (C=O) groups is 4. The summed E-state index contributed by atoms with van der Waals surface area (Å²) in [4.78, 5) is 55.0. The van der Waals surface area contributed by atoms with E-state index in [1.807, 2.05) is 92.3 Å². The first-order valence-electron chi connectivity index (χ1n) is 18.4. The normalized spacial score (nSPS) is 10.8. The fraction of sp³-hybridized carbons (Fsp3) is 0.326. The first-order valence-corrected chi connectivity index (χ1v) is 19.5. The highest BCUT2D eigenvalue weighted by Gasteiger charge is 2.25. The predicted octanol–water partition coefficient (Wildman–Crippen LogP) is 4.67. The van der Waals surface area contributed by atoms with E-state index in [1.54, 1.807) is 18.2 Å². The number of esters is 4. The van der Waals surface area contributed by atoms with E-state index in [-0.39, 0.29) is 39.4 Å². The molecule has 0 unspecified atom stereocenters. The lowest BCUT2D eigenvalue weighted by atomic mass is 9.93. The lowest BCUT2D eigenvalue weighted by molar-refractivity contribution is -0.141. The molecule has 3 aromatic rings. The monoisotopic (exact) mass is 923 g/mol. The van der Waals surface area contributed by atoms with Crippen molar-refractivity contribution in [1.82, 2.24) is 4.58 Å². The lowest BCUT2D eigenvalue weighted by Gasteiger charge is -2.26. The summed E-state index contributed by atoms with van der Waals surface area (Å²) < 4.78 is 41.8. The maximum atomic E-state index is 12.7. The molecule has 0 bridgehead atoms. The van der Waals surface area contributed by atoms with Crippen LogP contribution in [0.5, 0.6) is 11.5 Å². The van der Waals surface area contributed by atoms with Crippen molar-refractivity contribution in [2.45, 2.75) is 0 Å². The number of methoxy groups -OCH3 is 4. The number of anilines is 3. The minimum Gasteiger partial charge on any atom is -0.488 e. The summed E-state index contributed by atoms with van der Waals surface area (Å²) in [5.41, 5.74) is 5.06. The molecule has 0 aromatic heterocycles. The van der Waals surface area contributed by atoms with Gasteiger partial charge in [0.25, 0.3) is 0 Å². The average molecular weight is 924 g/mol. The molecule has 16 heteroatoms. The van der Waals surface area contributed by atoms with E-state index in [9.17, 15) is 19.2 Å². The minimum absolute atomic E-state index is 0.00364. The second kappa shape index (κ2) is 20.1. The molecule has 15 nitrogen and oxygen atoms in total. The standard InChI is InChI=1S/C43H48IN4O11/c1-45(2)29-11-13-31-35(21-29)59-36-22-30(46(3)4)12-14-32(36)43(31)27-9-15-33(47(23-39(49)53-5)24-40(50)54-6)37(19-27)57-17-18-58-38-20-28(44)10-16-34(38)48(25-41(51)55-7)26-42(52)56-8/h9-16,19-22H,17-18,23-26H2,1-8H3/q+1. The Labute approximate surface area is 356 Å². The van der Waals surface area contributed by atoms with Crippen LogP contribution in [0.3, 0.4) is 0 Å². The molecule has 0 N–H and O–H groups in total. The lowest BCUT2D eigenvalue weighted by Crippen LogP contribution is -2.36. The molecule has 0 fully saturated rings. The second-order valence-corrected chi connectivity index (χ2v) is 14.9. The van der Waals surface area contributed by atoms with Gasteiger partial charge in [-0.3, -0.25) is 19.2 Å². The van der Waals surface area contributed by atoms with Crippen LogP contribution in [0.4, 0.5) is 17.1 Å². The van der Waals surface area contributed by atoms with Gasteiger partial charge in [-0.25, -0.2) is 4.58 Å². The number of nitrogens with zero attached hydrogens (tertiary/aromatic N) is 4. The summed E-state index contributed by atoms with van der Waals surface area (Å²) in [5.74, 6) is -0.844. The van der Waals surface area contributed by atoms with Crippen molar-refractivity contribution in [2.24, 2.45) is 0 Å². The number of hydrogen-bond donors (Lipinski definition) is 0. The number of fused-ring (bicyclic) bond motifs is 2. The van der Waals surface area contributed by atoms with Crippen molar-refractivity contribution in [3.63, 3.8) is 0 Å². The van der Waals surface area contributed by atoms with E-state index in [1.165, 1.54) is 38.2 Å². The quantitative estimate of drug-likeness (QED) is 0.0318. The van der Waals surface area contributed by atoms with Crippen molar-refractivity contribution in [3.05, 3.63) is 81.7 Å². The van der Waals surface area contributed by atoms with E-state index in [0.717, 1.165) is 36.7 Å². The summed E-state index contributed by atoms with van der Waals surface area (Å²) in [6.45, 7) is -0.967. The van der Waals surface area contributed by atoms with Crippen LogP contribution in [0, 0.1) is 3.57 Å². The summed E-state index contributed by atoms with van der Waals surface area (Å²) >= 11 is 2.14. The maximum absolute atomic E-state index is 12.7. The van der Waals surface area contributed by atoms with Gasteiger partial charge in [-0.1, -0.05) is 6.07 Å². The summed E-state index contributed by atoms with van der Waals surface area (Å²) in [5, 5.41) is 1.82. The topological polar surface area (TPSA) is 150 Å². The number of ether oxygens (including phenoxy) is 6. The van der Waals surface area contributed by atoms with Gasteiger partial charge in [-0.05, 0) is 76.7 Å². The maximum Gasteiger partial charge on any atom is 0.325 e. The highest BCUT2D eigenvalue weighted by molar-refractivity contribution is 14.1.